The van der Waals surface area contributed by atoms with Crippen LogP contribution in [-0.2, 0) is 21.7 Å². The van der Waals surface area contributed by atoms with Gasteiger partial charge in [-0.25, -0.2) is 4.39 Å². The molecule has 2 N–H and O–H groups in total. The maximum atomic E-state index is 13.2. The maximum absolute atomic E-state index is 13.2. The van der Waals surface area contributed by atoms with Crippen molar-refractivity contribution in [1.82, 2.24) is 15.5 Å². The summed E-state index contributed by atoms with van der Waals surface area (Å²) in [4.78, 5) is 50.8. The summed E-state index contributed by atoms with van der Waals surface area (Å²) in [5, 5.41) is 5.18. The molecule has 1 saturated heterocycles. The number of nitrogens with one attached hydrogen (secondary N) is 2. The van der Waals surface area contributed by atoms with Gasteiger partial charge in [0.25, 0.3) is 11.8 Å². The lowest BCUT2D eigenvalue weighted by Gasteiger charge is -2.29. The Bertz CT molecular complexity index is 1090. The Labute approximate surface area is 178 Å². The molecule has 2 heterocycles. The minimum atomic E-state index is -0.757. The van der Waals surface area contributed by atoms with Gasteiger partial charge in [0.05, 0.1) is 5.54 Å². The zero-order valence-electron chi connectivity index (χ0n) is 17.2. The topological polar surface area (TPSA) is 95.6 Å². The molecule has 1 fully saturated rings. The molecular weight excluding hydrogens is 401 g/mol. The highest BCUT2D eigenvalue weighted by Gasteiger charge is 2.39. The SMILES string of the molecule is CC(C)(NC(=O)c1ccc2c(c1)C(=O)N(C1CCC(=O)NC1=O)C2)c1ccc(F)cc1. The van der Waals surface area contributed by atoms with Crippen molar-refractivity contribution >= 4 is 23.6 Å². The standard InChI is InChI=1S/C23H22FN3O4/c1-23(2,15-5-7-16(24)8-6-15)26-20(29)13-3-4-14-12-27(22(31)17(14)11-13)18-9-10-19(28)25-21(18)30/h3-8,11,18H,9-10,12H2,1-2H3,(H,26,29)(H,25,28,30). The predicted octanol–water partition coefficient (Wildman–Crippen LogP) is 2.25. The summed E-state index contributed by atoms with van der Waals surface area (Å²) in [7, 11) is 0. The average Bonchev–Trinajstić information content (AvgIpc) is 3.04. The van der Waals surface area contributed by atoms with Crippen LogP contribution in [0.15, 0.2) is 42.5 Å². The van der Waals surface area contributed by atoms with E-state index in [0.29, 0.717) is 11.1 Å². The van der Waals surface area contributed by atoms with Gasteiger partial charge in [-0.3, -0.25) is 24.5 Å². The third kappa shape index (κ3) is 3.93. The molecule has 0 radical (unpaired) electrons. The van der Waals surface area contributed by atoms with Gasteiger partial charge in [-0.15, -0.1) is 0 Å². The first-order chi connectivity index (χ1) is 14.7. The summed E-state index contributed by atoms with van der Waals surface area (Å²) >= 11 is 0. The van der Waals surface area contributed by atoms with Crippen LogP contribution in [-0.4, -0.2) is 34.6 Å². The number of imide groups is 1. The van der Waals surface area contributed by atoms with E-state index in [0.717, 1.165) is 11.1 Å². The van der Waals surface area contributed by atoms with Crippen molar-refractivity contribution in [3.63, 3.8) is 0 Å². The Morgan fingerprint density at radius 1 is 1.13 bits per heavy atom. The van der Waals surface area contributed by atoms with E-state index in [-0.39, 0.29) is 42.9 Å². The number of halogens is 1. The number of nitrogens with zero attached hydrogens (tertiary/aromatic N) is 1. The van der Waals surface area contributed by atoms with Gasteiger partial charge < -0.3 is 10.2 Å². The van der Waals surface area contributed by atoms with Gasteiger partial charge in [-0.05, 0) is 55.7 Å². The van der Waals surface area contributed by atoms with Crippen LogP contribution in [0.5, 0.6) is 0 Å². The van der Waals surface area contributed by atoms with Crippen LogP contribution in [0, 0.1) is 5.82 Å². The molecule has 2 aromatic carbocycles. The van der Waals surface area contributed by atoms with Crippen LogP contribution in [0.1, 0.15) is 58.5 Å². The zero-order valence-corrected chi connectivity index (χ0v) is 17.2. The van der Waals surface area contributed by atoms with Crippen LogP contribution >= 0.6 is 0 Å². The van der Waals surface area contributed by atoms with Crippen LogP contribution < -0.4 is 10.6 Å². The van der Waals surface area contributed by atoms with Crippen LogP contribution in [0.3, 0.4) is 0 Å². The van der Waals surface area contributed by atoms with Gasteiger partial charge in [-0.2, -0.15) is 0 Å². The highest BCUT2D eigenvalue weighted by atomic mass is 19.1. The average molecular weight is 423 g/mol. The van der Waals surface area contributed by atoms with E-state index in [1.807, 2.05) is 0 Å². The fraction of sp³-hybridized carbons (Fsp3) is 0.304. The summed E-state index contributed by atoms with van der Waals surface area (Å²) in [6.45, 7) is 3.87. The molecule has 0 aliphatic carbocycles. The van der Waals surface area contributed by atoms with E-state index in [1.165, 1.54) is 23.1 Å². The number of carbonyl (C=O) groups excluding carboxylic acids is 4. The monoisotopic (exact) mass is 423 g/mol. The van der Waals surface area contributed by atoms with Gasteiger partial charge in [-0.1, -0.05) is 18.2 Å². The number of rotatable bonds is 4. The Morgan fingerprint density at radius 3 is 2.52 bits per heavy atom. The molecule has 4 rings (SSSR count). The molecule has 8 heteroatoms. The molecule has 4 amide bonds. The summed E-state index contributed by atoms with van der Waals surface area (Å²) in [5.41, 5.74) is 1.39. The smallest absolute Gasteiger partial charge is 0.255 e. The lowest BCUT2D eigenvalue weighted by molar-refractivity contribution is -0.136. The Morgan fingerprint density at radius 2 is 1.84 bits per heavy atom. The van der Waals surface area contributed by atoms with Gasteiger partial charge in [0, 0.05) is 24.1 Å². The molecular formula is C23H22FN3O4. The van der Waals surface area contributed by atoms with Crippen molar-refractivity contribution in [2.24, 2.45) is 0 Å². The van der Waals surface area contributed by atoms with E-state index in [9.17, 15) is 23.6 Å². The van der Waals surface area contributed by atoms with Crippen molar-refractivity contribution in [1.29, 1.82) is 0 Å². The number of amides is 4. The lowest BCUT2D eigenvalue weighted by atomic mass is 9.93. The van der Waals surface area contributed by atoms with Gasteiger partial charge in [0.1, 0.15) is 11.9 Å². The van der Waals surface area contributed by atoms with Crippen LogP contribution in [0.4, 0.5) is 4.39 Å². The van der Waals surface area contributed by atoms with Crippen molar-refractivity contribution in [2.75, 3.05) is 0 Å². The number of piperidine rings is 1. The van der Waals surface area contributed by atoms with Crippen LogP contribution in [0.25, 0.3) is 0 Å². The summed E-state index contributed by atoms with van der Waals surface area (Å²) in [5.74, 6) is -1.88. The minimum absolute atomic E-state index is 0.183. The van der Waals surface area contributed by atoms with E-state index in [4.69, 9.17) is 0 Å². The van der Waals surface area contributed by atoms with Crippen molar-refractivity contribution < 1.29 is 23.6 Å². The first kappa shape index (κ1) is 20.7. The molecule has 2 aromatic rings. The Kier molecular flexibility index (Phi) is 5.08. The number of carbonyl (C=O) groups is 4. The first-order valence-electron chi connectivity index (χ1n) is 10.0. The number of benzene rings is 2. The minimum Gasteiger partial charge on any atom is -0.343 e. The van der Waals surface area contributed by atoms with E-state index < -0.39 is 17.5 Å². The zero-order chi connectivity index (χ0) is 22.3. The Hall–Kier alpha value is -3.55. The van der Waals surface area contributed by atoms with Crippen LogP contribution in [0.2, 0.25) is 0 Å². The van der Waals surface area contributed by atoms with Gasteiger partial charge in [0.2, 0.25) is 11.8 Å². The van der Waals surface area contributed by atoms with Crippen molar-refractivity contribution in [2.45, 2.75) is 44.8 Å². The third-order valence-corrected chi connectivity index (χ3v) is 5.78. The normalized spacial score (nSPS) is 18.6. The first-order valence-corrected chi connectivity index (χ1v) is 10.0. The molecule has 31 heavy (non-hydrogen) atoms. The number of hydrogen-bond acceptors (Lipinski definition) is 4. The predicted molar refractivity (Wildman–Crippen MR) is 109 cm³/mol. The third-order valence-electron chi connectivity index (χ3n) is 5.78. The molecule has 1 unspecified atom stereocenters. The molecule has 0 saturated carbocycles. The molecule has 2 aliphatic rings. The molecule has 7 nitrogen and oxygen atoms in total. The summed E-state index contributed by atoms with van der Waals surface area (Å²) < 4.78 is 13.2. The lowest BCUT2D eigenvalue weighted by Crippen LogP contribution is -2.52. The second-order valence-corrected chi connectivity index (χ2v) is 8.36. The van der Waals surface area contributed by atoms with Crippen molar-refractivity contribution in [3.8, 4) is 0 Å². The van der Waals surface area contributed by atoms with Gasteiger partial charge >= 0.3 is 0 Å². The van der Waals surface area contributed by atoms with E-state index in [1.54, 1.807) is 38.1 Å². The quantitative estimate of drug-likeness (QED) is 0.738. The fourth-order valence-electron chi connectivity index (χ4n) is 3.99. The number of fused-ring (bicyclic) bond motifs is 1. The molecule has 0 bridgehead atoms. The highest BCUT2D eigenvalue weighted by molar-refractivity contribution is 6.06. The molecule has 0 aromatic heterocycles. The second-order valence-electron chi connectivity index (χ2n) is 8.36. The maximum Gasteiger partial charge on any atom is 0.255 e. The Balaban J connectivity index is 1.52. The van der Waals surface area contributed by atoms with E-state index in [2.05, 4.69) is 10.6 Å². The van der Waals surface area contributed by atoms with E-state index >= 15 is 0 Å². The summed E-state index contributed by atoms with van der Waals surface area (Å²) in [6.07, 6.45) is 0.465. The van der Waals surface area contributed by atoms with Crippen molar-refractivity contribution in [3.05, 3.63) is 70.5 Å². The number of hydrogen-bond donors (Lipinski definition) is 2. The molecule has 160 valence electrons. The second kappa shape index (κ2) is 7.61. The molecule has 1 atom stereocenters. The fourth-order valence-corrected chi connectivity index (χ4v) is 3.99. The largest absolute Gasteiger partial charge is 0.343 e. The highest BCUT2D eigenvalue weighted by Crippen LogP contribution is 2.29. The molecule has 0 spiro atoms. The summed E-state index contributed by atoms with van der Waals surface area (Å²) in [6, 6.07) is 10.1. The van der Waals surface area contributed by atoms with Gasteiger partial charge in [0.15, 0.2) is 0 Å². The molecule has 2 aliphatic heterocycles.